The molecular formula is C25H25FNO5P. The molecule has 1 aromatic heterocycles. The summed E-state index contributed by atoms with van der Waals surface area (Å²) in [5.74, 6) is 1.44. The number of aliphatic hydroxyl groups is 1. The first-order valence-corrected chi connectivity index (χ1v) is 12.0. The van der Waals surface area contributed by atoms with Crippen LogP contribution in [0.15, 0.2) is 42.5 Å². The van der Waals surface area contributed by atoms with Crippen LogP contribution >= 0.6 is 8.03 Å². The zero-order valence-electron chi connectivity index (χ0n) is 18.6. The average Bonchev–Trinajstić information content (AvgIpc) is 2.74. The fourth-order valence-corrected chi connectivity index (χ4v) is 4.29. The van der Waals surface area contributed by atoms with E-state index in [0.717, 1.165) is 22.0 Å². The van der Waals surface area contributed by atoms with Gasteiger partial charge in [0, 0.05) is 10.9 Å². The summed E-state index contributed by atoms with van der Waals surface area (Å²) in [5.41, 5.74) is 4.10. The number of aromatic nitrogens is 1. The number of carboxylic acids is 1. The van der Waals surface area contributed by atoms with Crippen LogP contribution in [0.3, 0.4) is 0 Å². The van der Waals surface area contributed by atoms with Gasteiger partial charge in [-0.25, -0.2) is 4.39 Å². The molecule has 3 rings (SSSR count). The number of hydrogen-bond donors (Lipinski definition) is 2. The number of para-hydroxylation sites is 1. The maximum absolute atomic E-state index is 14.0. The van der Waals surface area contributed by atoms with E-state index in [4.69, 9.17) is 14.6 Å². The van der Waals surface area contributed by atoms with Crippen LogP contribution in [0, 0.1) is 24.8 Å². The molecule has 0 aliphatic carbocycles. The quantitative estimate of drug-likeness (QED) is 0.369. The van der Waals surface area contributed by atoms with Gasteiger partial charge < -0.3 is 14.7 Å². The second-order valence-corrected chi connectivity index (χ2v) is 9.40. The molecule has 33 heavy (non-hydrogen) atoms. The Balaban J connectivity index is 2.10. The molecule has 6 nitrogen and oxygen atoms in total. The normalized spacial score (nSPS) is 12.8. The molecule has 2 aromatic carbocycles. The lowest BCUT2D eigenvalue weighted by Gasteiger charge is -2.16. The summed E-state index contributed by atoms with van der Waals surface area (Å²) < 4.78 is 31.2. The Bertz CT molecular complexity index is 1280. The Kier molecular flexibility index (Phi) is 7.86. The third kappa shape index (κ3) is 5.98. The highest BCUT2D eigenvalue weighted by Gasteiger charge is 2.19. The third-order valence-corrected chi connectivity index (χ3v) is 6.20. The smallest absolute Gasteiger partial charge is 0.305 e. The number of carboxylic acid groups (broad SMARTS) is 1. The SMILES string of the molecule is Cc1cc(-c2c(C#CO[PH](=O)C[C@@H](O)CC(=O)O)c(C(C)C)nc3ccccc23)ccc1F. The minimum absolute atomic E-state index is 0.00798. The molecule has 172 valence electrons. The fraction of sp³-hybridized carbons (Fsp3) is 0.280. The van der Waals surface area contributed by atoms with E-state index < -0.39 is 26.5 Å². The zero-order valence-corrected chi connectivity index (χ0v) is 19.6. The number of aryl methyl sites for hydroxylation is 1. The van der Waals surface area contributed by atoms with Crippen molar-refractivity contribution >= 4 is 24.9 Å². The topological polar surface area (TPSA) is 96.7 Å². The molecule has 3 aromatic rings. The summed E-state index contributed by atoms with van der Waals surface area (Å²) >= 11 is 0. The first kappa shape index (κ1) is 24.4. The maximum Gasteiger partial charge on any atom is 0.305 e. The van der Waals surface area contributed by atoms with E-state index in [1.54, 1.807) is 19.1 Å². The van der Waals surface area contributed by atoms with Crippen molar-refractivity contribution in [3.63, 3.8) is 0 Å². The first-order chi connectivity index (χ1) is 15.7. The minimum Gasteiger partial charge on any atom is -0.481 e. The van der Waals surface area contributed by atoms with Gasteiger partial charge in [0.25, 0.3) is 0 Å². The summed E-state index contributed by atoms with van der Waals surface area (Å²) in [4.78, 5) is 15.4. The van der Waals surface area contributed by atoms with Crippen LogP contribution in [0.2, 0.25) is 0 Å². The van der Waals surface area contributed by atoms with Crippen LogP contribution < -0.4 is 0 Å². The first-order valence-electron chi connectivity index (χ1n) is 10.5. The van der Waals surface area contributed by atoms with Gasteiger partial charge in [0.05, 0.1) is 35.5 Å². The molecule has 0 aliphatic rings. The lowest BCUT2D eigenvalue weighted by Crippen LogP contribution is -2.15. The number of pyridine rings is 1. The van der Waals surface area contributed by atoms with Crippen molar-refractivity contribution < 1.29 is 28.5 Å². The summed E-state index contributed by atoms with van der Waals surface area (Å²) in [6.45, 7) is 5.65. The molecule has 1 heterocycles. The second-order valence-electron chi connectivity index (χ2n) is 8.04. The summed E-state index contributed by atoms with van der Waals surface area (Å²) in [5, 5.41) is 19.2. The molecule has 2 atom stereocenters. The Hall–Kier alpha value is -3.20. The number of aliphatic carboxylic acids is 1. The summed E-state index contributed by atoms with van der Waals surface area (Å²) in [7, 11) is -2.77. The standard InChI is InChI=1S/C25H25FNO5P/c1-15(2)25-20(10-11-32-33(31)14-18(28)13-23(29)30)24(17-8-9-21(26)16(3)12-17)19-6-4-5-7-22(19)27-25/h4-9,12,15,18,28,33H,13-14H2,1-3H3,(H,29,30)/t18-/m0/s1. The molecule has 2 N–H and O–H groups in total. The van der Waals surface area contributed by atoms with E-state index in [1.807, 2.05) is 38.1 Å². The van der Waals surface area contributed by atoms with Crippen molar-refractivity contribution in [1.29, 1.82) is 0 Å². The molecule has 0 aliphatic heterocycles. The van der Waals surface area contributed by atoms with Gasteiger partial charge in [-0.05, 0) is 48.1 Å². The van der Waals surface area contributed by atoms with E-state index in [2.05, 4.69) is 12.0 Å². The van der Waals surface area contributed by atoms with Crippen LogP contribution in [0.5, 0.6) is 0 Å². The molecule has 1 unspecified atom stereocenters. The van der Waals surface area contributed by atoms with E-state index in [1.165, 1.54) is 6.07 Å². The number of rotatable bonds is 7. The van der Waals surface area contributed by atoms with Gasteiger partial charge in [0.1, 0.15) is 11.9 Å². The number of halogens is 1. The van der Waals surface area contributed by atoms with Gasteiger partial charge in [-0.3, -0.25) is 14.3 Å². The highest BCUT2D eigenvalue weighted by Crippen LogP contribution is 2.36. The summed E-state index contributed by atoms with van der Waals surface area (Å²) in [6.07, 6.45) is 0.367. The number of fused-ring (bicyclic) bond motifs is 1. The van der Waals surface area contributed by atoms with Gasteiger partial charge in [0.2, 0.25) is 8.03 Å². The van der Waals surface area contributed by atoms with Crippen molar-refractivity contribution in [2.75, 3.05) is 6.16 Å². The van der Waals surface area contributed by atoms with Gasteiger partial charge in [-0.2, -0.15) is 0 Å². The third-order valence-electron chi connectivity index (χ3n) is 5.07. The highest BCUT2D eigenvalue weighted by molar-refractivity contribution is 7.39. The molecule has 0 saturated carbocycles. The van der Waals surface area contributed by atoms with E-state index >= 15 is 0 Å². The van der Waals surface area contributed by atoms with Crippen molar-refractivity contribution in [3.8, 4) is 23.2 Å². The molecule has 0 radical (unpaired) electrons. The Morgan fingerprint density at radius 3 is 2.64 bits per heavy atom. The Labute approximate surface area is 192 Å². The van der Waals surface area contributed by atoms with Crippen LogP contribution in [0.25, 0.3) is 22.0 Å². The number of nitrogens with zero attached hydrogens (tertiary/aromatic N) is 1. The largest absolute Gasteiger partial charge is 0.481 e. The van der Waals surface area contributed by atoms with Gasteiger partial charge in [-0.15, -0.1) is 0 Å². The molecule has 0 amide bonds. The van der Waals surface area contributed by atoms with Crippen molar-refractivity contribution in [2.24, 2.45) is 0 Å². The second kappa shape index (κ2) is 10.6. The summed E-state index contributed by atoms with van der Waals surface area (Å²) in [6, 6.07) is 12.4. The fourth-order valence-electron chi connectivity index (χ4n) is 3.52. The van der Waals surface area contributed by atoms with Crippen LogP contribution in [0.4, 0.5) is 4.39 Å². The van der Waals surface area contributed by atoms with E-state index in [9.17, 15) is 18.9 Å². The predicted octanol–water partition coefficient (Wildman–Crippen LogP) is 5.11. The van der Waals surface area contributed by atoms with Gasteiger partial charge in [0.15, 0.2) is 0 Å². The monoisotopic (exact) mass is 469 g/mol. The molecule has 8 heteroatoms. The van der Waals surface area contributed by atoms with E-state index in [-0.39, 0.29) is 17.9 Å². The van der Waals surface area contributed by atoms with Crippen molar-refractivity contribution in [1.82, 2.24) is 4.98 Å². The molecular weight excluding hydrogens is 444 g/mol. The lowest BCUT2D eigenvalue weighted by atomic mass is 9.90. The van der Waals surface area contributed by atoms with Crippen molar-refractivity contribution in [3.05, 3.63) is 65.1 Å². The number of aliphatic hydroxyl groups excluding tert-OH is 1. The number of hydrogen-bond acceptors (Lipinski definition) is 5. The maximum atomic E-state index is 14.0. The number of carbonyl (C=O) groups is 1. The van der Waals surface area contributed by atoms with Gasteiger partial charge >= 0.3 is 5.97 Å². The average molecular weight is 469 g/mol. The zero-order chi connectivity index (χ0) is 24.1. The molecule has 0 fully saturated rings. The van der Waals surface area contributed by atoms with Crippen molar-refractivity contribution in [2.45, 2.75) is 39.2 Å². The Morgan fingerprint density at radius 2 is 1.97 bits per heavy atom. The van der Waals surface area contributed by atoms with Gasteiger partial charge in [-0.1, -0.05) is 38.1 Å². The molecule has 0 saturated heterocycles. The van der Waals surface area contributed by atoms with Crippen LogP contribution in [0.1, 0.15) is 43.0 Å². The molecule has 0 spiro atoms. The van der Waals surface area contributed by atoms with E-state index in [0.29, 0.717) is 16.8 Å². The van der Waals surface area contributed by atoms with Crippen LogP contribution in [-0.2, 0) is 13.9 Å². The van der Waals surface area contributed by atoms with Crippen LogP contribution in [-0.4, -0.2) is 33.4 Å². The molecule has 0 bridgehead atoms. The predicted molar refractivity (Wildman–Crippen MR) is 126 cm³/mol. The minimum atomic E-state index is -2.77. The lowest BCUT2D eigenvalue weighted by molar-refractivity contribution is -0.138. The highest BCUT2D eigenvalue weighted by atomic mass is 31.1. The number of benzene rings is 2. The Morgan fingerprint density at radius 1 is 1.24 bits per heavy atom.